The van der Waals surface area contributed by atoms with Gasteiger partial charge in [0.2, 0.25) is 5.91 Å². The van der Waals surface area contributed by atoms with Crippen LogP contribution in [0.2, 0.25) is 0 Å². The summed E-state index contributed by atoms with van der Waals surface area (Å²) in [5.41, 5.74) is 1.78. The quantitative estimate of drug-likeness (QED) is 0.625. The van der Waals surface area contributed by atoms with Gasteiger partial charge in [0, 0.05) is 42.0 Å². The molecular weight excluding hydrogens is 400 g/mol. The van der Waals surface area contributed by atoms with Gasteiger partial charge in [-0.3, -0.25) is 9.59 Å². The number of carbonyl (C=O) groups excluding carboxylic acids is 2. The fraction of sp³-hybridized carbons (Fsp3) is 0.273. The van der Waals surface area contributed by atoms with Crippen LogP contribution < -0.4 is 5.32 Å². The molecule has 0 atom stereocenters. The van der Waals surface area contributed by atoms with Gasteiger partial charge < -0.3 is 14.6 Å². The molecule has 0 bridgehead atoms. The molecule has 0 saturated carbocycles. The molecular formula is C22H22N4O3S. The first-order valence-electron chi connectivity index (χ1n) is 9.79. The molecule has 0 radical (unpaired) electrons. The summed E-state index contributed by atoms with van der Waals surface area (Å²) in [7, 11) is 0. The number of hydrogen-bond acceptors (Lipinski definition) is 6. The van der Waals surface area contributed by atoms with E-state index in [-0.39, 0.29) is 17.7 Å². The molecule has 7 nitrogen and oxygen atoms in total. The first kappa shape index (κ1) is 20.2. The second kappa shape index (κ2) is 9.13. The molecule has 1 fully saturated rings. The Hall–Kier alpha value is -3.13. The molecule has 1 aromatic carbocycles. The Morgan fingerprint density at radius 2 is 1.90 bits per heavy atom. The van der Waals surface area contributed by atoms with E-state index in [1.54, 1.807) is 35.5 Å². The summed E-state index contributed by atoms with van der Waals surface area (Å²) in [6.45, 7) is 3.06. The summed E-state index contributed by atoms with van der Waals surface area (Å²) in [5.74, 6) is 0.101. The Morgan fingerprint density at radius 3 is 2.57 bits per heavy atom. The highest BCUT2D eigenvalue weighted by atomic mass is 32.2. The maximum atomic E-state index is 12.7. The minimum Gasteiger partial charge on any atom is -0.459 e. The van der Waals surface area contributed by atoms with Gasteiger partial charge in [0.25, 0.3) is 5.91 Å². The molecule has 1 N–H and O–H groups in total. The van der Waals surface area contributed by atoms with Crippen molar-refractivity contribution in [3.05, 3.63) is 66.4 Å². The van der Waals surface area contributed by atoms with Gasteiger partial charge in [-0.2, -0.15) is 0 Å². The van der Waals surface area contributed by atoms with Gasteiger partial charge in [0.1, 0.15) is 0 Å². The molecule has 4 rings (SSSR count). The zero-order valence-corrected chi connectivity index (χ0v) is 17.4. The van der Waals surface area contributed by atoms with Crippen LogP contribution in [-0.2, 0) is 4.79 Å². The molecule has 0 spiro atoms. The monoisotopic (exact) mass is 422 g/mol. The third-order valence-electron chi connectivity index (χ3n) is 5.09. The minimum atomic E-state index is -0.120. The maximum absolute atomic E-state index is 12.7. The lowest BCUT2D eigenvalue weighted by molar-refractivity contribution is -0.121. The van der Waals surface area contributed by atoms with E-state index in [1.807, 2.05) is 25.1 Å². The van der Waals surface area contributed by atoms with E-state index in [0.29, 0.717) is 36.8 Å². The standard InChI is InChI=1S/C22H22N4O3S/c1-15-14-17(30-22-23-9-3-10-24-22)5-6-18(15)25-20(27)16-7-11-26(12-8-16)21(28)19-4-2-13-29-19/h2-6,9-10,13-14,16H,7-8,11-12H2,1H3,(H,25,27). The van der Waals surface area contributed by atoms with E-state index in [4.69, 9.17) is 4.42 Å². The van der Waals surface area contributed by atoms with Crippen LogP contribution in [0.15, 0.2) is 69.5 Å². The third-order valence-corrected chi connectivity index (χ3v) is 5.97. The Labute approximate surface area is 178 Å². The highest BCUT2D eigenvalue weighted by Crippen LogP contribution is 2.29. The minimum absolute atomic E-state index is 0.00464. The number of carbonyl (C=O) groups is 2. The Morgan fingerprint density at radius 1 is 1.13 bits per heavy atom. The second-order valence-corrected chi connectivity index (χ2v) is 8.18. The second-order valence-electron chi connectivity index (χ2n) is 7.14. The van der Waals surface area contributed by atoms with Crippen molar-refractivity contribution in [1.82, 2.24) is 14.9 Å². The summed E-state index contributed by atoms with van der Waals surface area (Å²) >= 11 is 1.48. The van der Waals surface area contributed by atoms with Crippen LogP contribution in [0.3, 0.4) is 0 Å². The number of nitrogens with zero attached hydrogens (tertiary/aromatic N) is 3. The smallest absolute Gasteiger partial charge is 0.289 e. The zero-order chi connectivity index (χ0) is 20.9. The fourth-order valence-electron chi connectivity index (χ4n) is 3.42. The van der Waals surface area contributed by atoms with E-state index >= 15 is 0 Å². The first-order chi connectivity index (χ1) is 14.6. The van der Waals surface area contributed by atoms with Gasteiger partial charge >= 0.3 is 0 Å². The number of benzene rings is 1. The molecule has 8 heteroatoms. The summed E-state index contributed by atoms with van der Waals surface area (Å²) < 4.78 is 5.18. The van der Waals surface area contributed by atoms with E-state index in [1.165, 1.54) is 18.0 Å². The lowest BCUT2D eigenvalue weighted by Crippen LogP contribution is -2.41. The predicted molar refractivity (Wildman–Crippen MR) is 113 cm³/mol. The van der Waals surface area contributed by atoms with Crippen LogP contribution in [0, 0.1) is 12.8 Å². The summed E-state index contributed by atoms with van der Waals surface area (Å²) in [6.07, 6.45) is 6.19. The van der Waals surface area contributed by atoms with Gasteiger partial charge in [-0.05, 0) is 73.5 Å². The van der Waals surface area contributed by atoms with Crippen molar-refractivity contribution >= 4 is 29.3 Å². The van der Waals surface area contributed by atoms with Crippen LogP contribution in [0.4, 0.5) is 5.69 Å². The van der Waals surface area contributed by atoms with Crippen LogP contribution >= 0.6 is 11.8 Å². The maximum Gasteiger partial charge on any atom is 0.289 e. The molecule has 30 heavy (non-hydrogen) atoms. The van der Waals surface area contributed by atoms with Crippen LogP contribution in [0.1, 0.15) is 29.0 Å². The van der Waals surface area contributed by atoms with Crippen molar-refractivity contribution in [3.63, 3.8) is 0 Å². The van der Waals surface area contributed by atoms with Gasteiger partial charge in [-0.1, -0.05) is 0 Å². The van der Waals surface area contributed by atoms with Crippen molar-refractivity contribution in [2.45, 2.75) is 29.8 Å². The molecule has 1 saturated heterocycles. The third kappa shape index (κ3) is 4.71. The van der Waals surface area contributed by atoms with Crippen LogP contribution in [0.25, 0.3) is 0 Å². The number of anilines is 1. The lowest BCUT2D eigenvalue weighted by atomic mass is 9.95. The van der Waals surface area contributed by atoms with Gasteiger partial charge in [-0.25, -0.2) is 9.97 Å². The average molecular weight is 423 g/mol. The molecule has 0 aliphatic carbocycles. The van der Waals surface area contributed by atoms with E-state index in [0.717, 1.165) is 16.1 Å². The molecule has 2 aromatic heterocycles. The number of aromatic nitrogens is 2. The SMILES string of the molecule is Cc1cc(Sc2ncccn2)ccc1NC(=O)C1CCN(C(=O)c2ccco2)CC1. The largest absolute Gasteiger partial charge is 0.459 e. The summed E-state index contributed by atoms with van der Waals surface area (Å²) in [6, 6.07) is 11.0. The summed E-state index contributed by atoms with van der Waals surface area (Å²) in [5, 5.41) is 3.73. The van der Waals surface area contributed by atoms with Gasteiger partial charge in [0.15, 0.2) is 10.9 Å². The van der Waals surface area contributed by atoms with E-state index in [9.17, 15) is 9.59 Å². The molecule has 2 amide bonds. The molecule has 1 aliphatic rings. The number of amides is 2. The first-order valence-corrected chi connectivity index (χ1v) is 10.6. The zero-order valence-electron chi connectivity index (χ0n) is 16.6. The Kier molecular flexibility index (Phi) is 6.13. The van der Waals surface area contributed by atoms with E-state index < -0.39 is 0 Å². The topological polar surface area (TPSA) is 88.3 Å². The predicted octanol–water partition coefficient (Wildman–Crippen LogP) is 4.02. The number of hydrogen-bond donors (Lipinski definition) is 1. The average Bonchev–Trinajstić information content (AvgIpc) is 3.31. The highest BCUT2D eigenvalue weighted by molar-refractivity contribution is 7.99. The number of nitrogens with one attached hydrogen (secondary N) is 1. The highest BCUT2D eigenvalue weighted by Gasteiger charge is 2.29. The molecule has 3 aromatic rings. The van der Waals surface area contributed by atoms with Crippen molar-refractivity contribution < 1.29 is 14.0 Å². The molecule has 1 aliphatic heterocycles. The van der Waals surface area contributed by atoms with Crippen molar-refractivity contribution in [1.29, 1.82) is 0 Å². The number of furan rings is 1. The van der Waals surface area contributed by atoms with Crippen LogP contribution in [0.5, 0.6) is 0 Å². The number of piperidine rings is 1. The van der Waals surface area contributed by atoms with Crippen molar-refractivity contribution in [2.24, 2.45) is 5.92 Å². The molecule has 154 valence electrons. The summed E-state index contributed by atoms with van der Waals surface area (Å²) in [4.78, 5) is 36.3. The number of likely N-dealkylation sites (tertiary alicyclic amines) is 1. The van der Waals surface area contributed by atoms with Crippen LogP contribution in [-0.4, -0.2) is 39.8 Å². The molecule has 0 unspecified atom stereocenters. The van der Waals surface area contributed by atoms with Crippen molar-refractivity contribution in [2.75, 3.05) is 18.4 Å². The number of aryl methyl sites for hydroxylation is 1. The molecule has 3 heterocycles. The van der Waals surface area contributed by atoms with E-state index in [2.05, 4.69) is 15.3 Å². The number of rotatable bonds is 5. The fourth-order valence-corrected chi connectivity index (χ4v) is 4.23. The van der Waals surface area contributed by atoms with Crippen molar-refractivity contribution in [3.8, 4) is 0 Å². The normalized spacial score (nSPS) is 14.5. The van der Waals surface area contributed by atoms with Gasteiger partial charge in [-0.15, -0.1) is 0 Å². The Balaban J connectivity index is 1.32. The Bertz CT molecular complexity index is 1020. The van der Waals surface area contributed by atoms with Gasteiger partial charge in [0.05, 0.1) is 6.26 Å². The lowest BCUT2D eigenvalue weighted by Gasteiger charge is -2.30.